The van der Waals surface area contributed by atoms with Gasteiger partial charge in [0.05, 0.1) is 13.2 Å². The maximum atomic E-state index is 12.7. The van der Waals surface area contributed by atoms with E-state index >= 15 is 0 Å². The average molecular weight is 1020 g/mol. The monoisotopic (exact) mass is 1020 g/mol. The molecule has 0 aromatic heterocycles. The summed E-state index contributed by atoms with van der Waals surface area (Å²) < 4.78 is 33.1. The minimum absolute atomic E-state index is 0.0518. The molecule has 416 valence electrons. The molecule has 0 spiro atoms. The second-order valence-corrected chi connectivity index (χ2v) is 21.7. The standard InChI is InChI=1S/C61H114NO8P/c1-3-5-7-9-11-13-15-17-19-21-23-25-27-28-29-30-32-33-35-37-39-41-43-45-47-49-51-53-60(63)67-57-59(58-69-71(65,66)68-56-55-62)70-61(64)54-52-50-48-46-44-42-40-38-36-34-31-26-24-22-20-18-16-14-12-10-8-6-4-2/h16,18,21-24,31,34,59H,3-15,17,19-20,25-30,32-33,35-58,62H2,1-2H3,(H,65,66)/b18-16-,23-21-,24-22-,34-31-. The Morgan fingerprint density at radius 3 is 1.10 bits per heavy atom. The first-order valence-corrected chi connectivity index (χ1v) is 31.6. The summed E-state index contributed by atoms with van der Waals surface area (Å²) in [5.41, 5.74) is 5.38. The lowest BCUT2D eigenvalue weighted by atomic mass is 10.0. The first-order chi connectivity index (χ1) is 34.8. The van der Waals surface area contributed by atoms with Crippen LogP contribution in [0.4, 0.5) is 0 Å². The third-order valence-corrected chi connectivity index (χ3v) is 14.2. The van der Waals surface area contributed by atoms with Gasteiger partial charge in [0.1, 0.15) is 6.61 Å². The molecular formula is C61H114NO8P. The summed E-state index contributed by atoms with van der Waals surface area (Å²) in [4.78, 5) is 35.2. The molecule has 0 saturated heterocycles. The van der Waals surface area contributed by atoms with Gasteiger partial charge in [0, 0.05) is 19.4 Å². The van der Waals surface area contributed by atoms with Crippen molar-refractivity contribution in [3.05, 3.63) is 48.6 Å². The van der Waals surface area contributed by atoms with Crippen molar-refractivity contribution in [2.45, 2.75) is 302 Å². The van der Waals surface area contributed by atoms with Crippen molar-refractivity contribution >= 4 is 19.8 Å². The number of ether oxygens (including phenoxy) is 2. The van der Waals surface area contributed by atoms with Crippen LogP contribution in [-0.4, -0.2) is 49.3 Å². The van der Waals surface area contributed by atoms with Gasteiger partial charge in [-0.2, -0.15) is 0 Å². The topological polar surface area (TPSA) is 134 Å². The second kappa shape index (κ2) is 57.3. The Kier molecular flexibility index (Phi) is 55.6. The van der Waals surface area contributed by atoms with Crippen molar-refractivity contribution in [2.75, 3.05) is 26.4 Å². The summed E-state index contributed by atoms with van der Waals surface area (Å²) in [7, 11) is -4.39. The Labute approximate surface area is 438 Å². The van der Waals surface area contributed by atoms with Gasteiger partial charge in [0.2, 0.25) is 0 Å². The van der Waals surface area contributed by atoms with E-state index in [1.807, 2.05) is 0 Å². The SMILES string of the molecule is CCCCCCC/C=C\C/C=C\C/C=C\CCCCCCCCCCC(=O)OC(COC(=O)CCCCCCCCCCCCCCCCC/C=C\CCCCCCCCCC)COP(=O)(O)OCCN. The number of esters is 2. The summed E-state index contributed by atoms with van der Waals surface area (Å²) in [6, 6.07) is 0. The maximum absolute atomic E-state index is 12.7. The fraction of sp³-hybridized carbons (Fsp3) is 0.836. The van der Waals surface area contributed by atoms with Gasteiger partial charge >= 0.3 is 19.8 Å². The van der Waals surface area contributed by atoms with Crippen LogP contribution < -0.4 is 5.73 Å². The number of allylic oxidation sites excluding steroid dienone is 8. The number of hydrogen-bond acceptors (Lipinski definition) is 8. The van der Waals surface area contributed by atoms with Crippen molar-refractivity contribution in [2.24, 2.45) is 5.73 Å². The maximum Gasteiger partial charge on any atom is 0.472 e. The first-order valence-electron chi connectivity index (χ1n) is 30.1. The van der Waals surface area contributed by atoms with Gasteiger partial charge in [-0.25, -0.2) is 4.57 Å². The quantitative estimate of drug-likeness (QED) is 0.0264. The van der Waals surface area contributed by atoms with E-state index in [9.17, 15) is 19.0 Å². The molecule has 0 aromatic carbocycles. The van der Waals surface area contributed by atoms with Crippen molar-refractivity contribution < 1.29 is 37.6 Å². The lowest BCUT2D eigenvalue weighted by molar-refractivity contribution is -0.161. The zero-order chi connectivity index (χ0) is 51.7. The molecule has 0 amide bonds. The Morgan fingerprint density at radius 2 is 0.732 bits per heavy atom. The Morgan fingerprint density at radius 1 is 0.423 bits per heavy atom. The third kappa shape index (κ3) is 57.1. The molecular weight excluding hydrogens is 906 g/mol. The third-order valence-electron chi connectivity index (χ3n) is 13.2. The van der Waals surface area contributed by atoms with Gasteiger partial charge in [-0.05, 0) is 77.0 Å². The number of phosphoric acid groups is 1. The number of nitrogens with two attached hydrogens (primary N) is 1. The van der Waals surface area contributed by atoms with E-state index in [1.54, 1.807) is 0 Å². The molecule has 71 heavy (non-hydrogen) atoms. The highest BCUT2D eigenvalue weighted by atomic mass is 31.2. The fourth-order valence-electron chi connectivity index (χ4n) is 8.70. The number of carbonyl (C=O) groups excluding carboxylic acids is 2. The predicted molar refractivity (Wildman–Crippen MR) is 303 cm³/mol. The highest BCUT2D eigenvalue weighted by Gasteiger charge is 2.26. The summed E-state index contributed by atoms with van der Waals surface area (Å²) in [5, 5.41) is 0. The van der Waals surface area contributed by atoms with Crippen LogP contribution in [0.2, 0.25) is 0 Å². The molecule has 0 radical (unpaired) electrons. The zero-order valence-electron chi connectivity index (χ0n) is 46.5. The van der Waals surface area contributed by atoms with Crippen molar-refractivity contribution in [1.29, 1.82) is 0 Å². The summed E-state index contributed by atoms with van der Waals surface area (Å²) in [6.45, 7) is 3.76. The Balaban J connectivity index is 3.95. The predicted octanol–water partition coefficient (Wildman–Crippen LogP) is 19.0. The van der Waals surface area contributed by atoms with Crippen molar-refractivity contribution in [3.8, 4) is 0 Å². The second-order valence-electron chi connectivity index (χ2n) is 20.2. The highest BCUT2D eigenvalue weighted by Crippen LogP contribution is 2.43. The van der Waals surface area contributed by atoms with E-state index in [-0.39, 0.29) is 38.6 Å². The van der Waals surface area contributed by atoms with Crippen LogP contribution in [0.15, 0.2) is 48.6 Å². The Bertz CT molecular complexity index is 1300. The molecule has 0 aliphatic carbocycles. The van der Waals surface area contributed by atoms with Gasteiger partial charge in [-0.15, -0.1) is 0 Å². The van der Waals surface area contributed by atoms with Crippen LogP contribution >= 0.6 is 7.82 Å². The first kappa shape index (κ1) is 69.0. The van der Waals surface area contributed by atoms with Crippen molar-refractivity contribution in [1.82, 2.24) is 0 Å². The molecule has 0 aliphatic heterocycles. The minimum atomic E-state index is -4.39. The molecule has 0 bridgehead atoms. The lowest BCUT2D eigenvalue weighted by Gasteiger charge is -2.19. The molecule has 10 heteroatoms. The molecule has 3 N–H and O–H groups in total. The molecule has 9 nitrogen and oxygen atoms in total. The van der Waals surface area contributed by atoms with E-state index in [2.05, 4.69) is 62.5 Å². The van der Waals surface area contributed by atoms with E-state index < -0.39 is 26.5 Å². The molecule has 0 rings (SSSR count). The smallest absolute Gasteiger partial charge is 0.462 e. The van der Waals surface area contributed by atoms with E-state index in [0.717, 1.165) is 57.8 Å². The van der Waals surface area contributed by atoms with Crippen LogP contribution in [0.25, 0.3) is 0 Å². The molecule has 2 unspecified atom stereocenters. The number of rotatable bonds is 57. The molecule has 0 aromatic rings. The van der Waals surface area contributed by atoms with E-state index in [1.165, 1.54) is 205 Å². The Hall–Kier alpha value is -2.03. The van der Waals surface area contributed by atoms with Gasteiger partial charge in [0.15, 0.2) is 6.10 Å². The van der Waals surface area contributed by atoms with Gasteiger partial charge in [-0.3, -0.25) is 18.6 Å². The van der Waals surface area contributed by atoms with Gasteiger partial charge < -0.3 is 20.1 Å². The summed E-state index contributed by atoms with van der Waals surface area (Å²) >= 11 is 0. The number of hydrogen-bond donors (Lipinski definition) is 2. The minimum Gasteiger partial charge on any atom is -0.462 e. The molecule has 0 fully saturated rings. The van der Waals surface area contributed by atoms with Crippen LogP contribution in [-0.2, 0) is 32.7 Å². The number of unbranched alkanes of at least 4 members (excludes halogenated alkanes) is 36. The number of carbonyl (C=O) groups is 2. The van der Waals surface area contributed by atoms with E-state index in [0.29, 0.717) is 6.42 Å². The van der Waals surface area contributed by atoms with Crippen LogP contribution in [0.1, 0.15) is 296 Å². The summed E-state index contributed by atoms with van der Waals surface area (Å²) in [6.07, 6.45) is 70.3. The van der Waals surface area contributed by atoms with Gasteiger partial charge in [0.25, 0.3) is 0 Å². The van der Waals surface area contributed by atoms with Crippen LogP contribution in [0.5, 0.6) is 0 Å². The van der Waals surface area contributed by atoms with Crippen LogP contribution in [0.3, 0.4) is 0 Å². The summed E-state index contributed by atoms with van der Waals surface area (Å²) in [5.74, 6) is -0.825. The number of phosphoric ester groups is 1. The lowest BCUT2D eigenvalue weighted by Crippen LogP contribution is -2.29. The highest BCUT2D eigenvalue weighted by molar-refractivity contribution is 7.47. The normalized spacial score (nSPS) is 13.4. The fourth-order valence-corrected chi connectivity index (χ4v) is 9.46. The van der Waals surface area contributed by atoms with Crippen molar-refractivity contribution in [3.63, 3.8) is 0 Å². The van der Waals surface area contributed by atoms with E-state index in [4.69, 9.17) is 24.3 Å². The molecule has 0 saturated carbocycles. The molecule has 2 atom stereocenters. The zero-order valence-corrected chi connectivity index (χ0v) is 47.4. The molecule has 0 aliphatic rings. The largest absolute Gasteiger partial charge is 0.472 e. The van der Waals surface area contributed by atoms with Crippen LogP contribution in [0, 0.1) is 0 Å². The average Bonchev–Trinajstić information content (AvgIpc) is 3.36. The molecule has 0 heterocycles. The van der Waals surface area contributed by atoms with Gasteiger partial charge in [-0.1, -0.05) is 255 Å².